The van der Waals surface area contributed by atoms with Crippen molar-refractivity contribution in [1.82, 2.24) is 4.57 Å². The minimum absolute atomic E-state index is 0.0127. The summed E-state index contributed by atoms with van der Waals surface area (Å²) in [6.07, 6.45) is 1.96. The van der Waals surface area contributed by atoms with Crippen LogP contribution in [-0.4, -0.2) is 10.5 Å². The van der Waals surface area contributed by atoms with Gasteiger partial charge in [0.1, 0.15) is 6.54 Å². The molecule has 3 nitrogen and oxygen atoms in total. The number of fused-ring (bicyclic) bond motifs is 1. The van der Waals surface area contributed by atoms with Crippen molar-refractivity contribution >= 4 is 22.5 Å². The van der Waals surface area contributed by atoms with Crippen molar-refractivity contribution < 1.29 is 4.79 Å². The lowest BCUT2D eigenvalue weighted by Crippen LogP contribution is -2.18. The minimum atomic E-state index is -0.0127. The highest BCUT2D eigenvalue weighted by atomic mass is 16.1. The van der Waals surface area contributed by atoms with Gasteiger partial charge in [0.25, 0.3) is 0 Å². The average molecular weight is 292 g/mol. The Hall–Kier alpha value is -2.55. The van der Waals surface area contributed by atoms with E-state index in [1.165, 1.54) is 22.1 Å². The Bertz CT molecular complexity index is 846. The number of nitrogens with one attached hydrogen (secondary N) is 1. The van der Waals surface area contributed by atoms with E-state index < -0.39 is 0 Å². The lowest BCUT2D eigenvalue weighted by Gasteiger charge is -2.09. The summed E-state index contributed by atoms with van der Waals surface area (Å²) in [7, 11) is 0. The van der Waals surface area contributed by atoms with Gasteiger partial charge in [-0.15, -0.1) is 0 Å². The van der Waals surface area contributed by atoms with Gasteiger partial charge in [-0.25, -0.2) is 0 Å². The van der Waals surface area contributed by atoms with E-state index in [0.29, 0.717) is 6.54 Å². The third-order valence-electron chi connectivity index (χ3n) is 4.03. The Morgan fingerprint density at radius 2 is 1.82 bits per heavy atom. The van der Waals surface area contributed by atoms with Gasteiger partial charge in [-0.1, -0.05) is 17.7 Å². The summed E-state index contributed by atoms with van der Waals surface area (Å²) in [5.41, 5.74) is 5.57. The van der Waals surface area contributed by atoms with Gasteiger partial charge in [0, 0.05) is 17.4 Å². The largest absolute Gasteiger partial charge is 0.338 e. The quantitative estimate of drug-likeness (QED) is 0.771. The molecule has 3 aromatic rings. The van der Waals surface area contributed by atoms with Crippen molar-refractivity contribution in [3.05, 3.63) is 65.4 Å². The maximum atomic E-state index is 12.3. The number of hydrogen-bond donors (Lipinski definition) is 1. The van der Waals surface area contributed by atoms with Crippen LogP contribution in [0.2, 0.25) is 0 Å². The van der Waals surface area contributed by atoms with E-state index in [1.54, 1.807) is 0 Å². The zero-order chi connectivity index (χ0) is 15.7. The third-order valence-corrected chi connectivity index (χ3v) is 4.03. The highest BCUT2D eigenvalue weighted by molar-refractivity contribution is 5.92. The third kappa shape index (κ3) is 2.89. The Kier molecular flexibility index (Phi) is 3.72. The maximum absolute atomic E-state index is 12.3. The van der Waals surface area contributed by atoms with Crippen LogP contribution in [-0.2, 0) is 11.3 Å². The maximum Gasteiger partial charge on any atom is 0.244 e. The number of hydrogen-bond acceptors (Lipinski definition) is 1. The molecule has 3 rings (SSSR count). The number of anilines is 1. The molecule has 0 bridgehead atoms. The predicted octanol–water partition coefficient (Wildman–Crippen LogP) is 4.21. The van der Waals surface area contributed by atoms with Crippen molar-refractivity contribution in [2.45, 2.75) is 27.3 Å². The van der Waals surface area contributed by atoms with Crippen molar-refractivity contribution in [3.8, 4) is 0 Å². The number of benzene rings is 2. The SMILES string of the molecule is Cc1ccc2c(ccn2CC(=O)Nc2ccc(C)c(C)c2)c1. The van der Waals surface area contributed by atoms with Crippen LogP contribution >= 0.6 is 0 Å². The molecule has 22 heavy (non-hydrogen) atoms. The van der Waals surface area contributed by atoms with Crippen LogP contribution in [0.15, 0.2) is 48.7 Å². The van der Waals surface area contributed by atoms with Crippen molar-refractivity contribution in [2.24, 2.45) is 0 Å². The molecule has 112 valence electrons. The molecule has 1 heterocycles. The Morgan fingerprint density at radius 1 is 1.00 bits per heavy atom. The molecule has 0 unspecified atom stereocenters. The number of aromatic nitrogens is 1. The molecule has 0 aliphatic carbocycles. The lowest BCUT2D eigenvalue weighted by atomic mass is 10.1. The monoisotopic (exact) mass is 292 g/mol. The van der Waals surface area contributed by atoms with Crippen LogP contribution < -0.4 is 5.32 Å². The van der Waals surface area contributed by atoms with E-state index in [2.05, 4.69) is 37.4 Å². The molecule has 0 atom stereocenters. The number of carbonyl (C=O) groups is 1. The summed E-state index contributed by atoms with van der Waals surface area (Å²) in [6.45, 7) is 6.50. The first-order valence-electron chi connectivity index (χ1n) is 7.45. The molecular formula is C19H20N2O. The molecule has 0 spiro atoms. The predicted molar refractivity (Wildman–Crippen MR) is 91.2 cm³/mol. The zero-order valence-electron chi connectivity index (χ0n) is 13.2. The second-order valence-electron chi connectivity index (χ2n) is 5.85. The fraction of sp³-hybridized carbons (Fsp3) is 0.211. The Morgan fingerprint density at radius 3 is 2.59 bits per heavy atom. The number of carbonyl (C=O) groups excluding carboxylic acids is 1. The summed E-state index contributed by atoms with van der Waals surface area (Å²) in [6, 6.07) is 14.3. The molecular weight excluding hydrogens is 272 g/mol. The second-order valence-corrected chi connectivity index (χ2v) is 5.85. The van der Waals surface area contributed by atoms with Gasteiger partial charge >= 0.3 is 0 Å². The lowest BCUT2D eigenvalue weighted by molar-refractivity contribution is -0.116. The van der Waals surface area contributed by atoms with Gasteiger partial charge in [0.15, 0.2) is 0 Å². The van der Waals surface area contributed by atoms with Crippen molar-refractivity contribution in [2.75, 3.05) is 5.32 Å². The highest BCUT2D eigenvalue weighted by Crippen LogP contribution is 2.18. The molecule has 0 saturated carbocycles. The molecule has 0 radical (unpaired) electrons. The van der Waals surface area contributed by atoms with E-state index in [-0.39, 0.29) is 5.91 Å². The Balaban J connectivity index is 1.76. The number of nitrogens with zero attached hydrogens (tertiary/aromatic N) is 1. The minimum Gasteiger partial charge on any atom is -0.338 e. The van der Waals surface area contributed by atoms with E-state index >= 15 is 0 Å². The van der Waals surface area contributed by atoms with Crippen LogP contribution in [0.1, 0.15) is 16.7 Å². The fourth-order valence-electron chi connectivity index (χ4n) is 2.63. The summed E-state index contributed by atoms with van der Waals surface area (Å²) < 4.78 is 1.98. The number of aryl methyl sites for hydroxylation is 3. The van der Waals surface area contributed by atoms with Crippen LogP contribution in [0, 0.1) is 20.8 Å². The first kappa shape index (κ1) is 14.4. The summed E-state index contributed by atoms with van der Waals surface area (Å²) in [5, 5.41) is 4.13. The smallest absolute Gasteiger partial charge is 0.244 e. The molecule has 3 heteroatoms. The van der Waals surface area contributed by atoms with Gasteiger partial charge in [0.2, 0.25) is 5.91 Å². The second kappa shape index (κ2) is 5.68. The molecule has 0 aliphatic heterocycles. The number of rotatable bonds is 3. The molecule has 0 aliphatic rings. The van der Waals surface area contributed by atoms with Crippen LogP contribution in [0.4, 0.5) is 5.69 Å². The normalized spacial score (nSPS) is 10.9. The molecule has 1 amide bonds. The summed E-state index contributed by atoms with van der Waals surface area (Å²) >= 11 is 0. The standard InChI is InChI=1S/C19H20N2O/c1-13-4-7-18-16(10-13)8-9-21(18)12-19(22)20-17-6-5-14(2)15(3)11-17/h4-11H,12H2,1-3H3,(H,20,22). The Labute approximate surface area is 130 Å². The average Bonchev–Trinajstić information content (AvgIpc) is 2.85. The molecule has 1 N–H and O–H groups in total. The zero-order valence-corrected chi connectivity index (χ0v) is 13.2. The number of amides is 1. The highest BCUT2D eigenvalue weighted by Gasteiger charge is 2.07. The van der Waals surface area contributed by atoms with E-state index in [9.17, 15) is 4.79 Å². The molecule has 1 aromatic heterocycles. The van der Waals surface area contributed by atoms with Gasteiger partial charge in [-0.2, -0.15) is 0 Å². The van der Waals surface area contributed by atoms with E-state index in [0.717, 1.165) is 11.2 Å². The molecule has 2 aromatic carbocycles. The first-order valence-corrected chi connectivity index (χ1v) is 7.45. The van der Waals surface area contributed by atoms with Gasteiger partial charge < -0.3 is 9.88 Å². The fourth-order valence-corrected chi connectivity index (χ4v) is 2.63. The van der Waals surface area contributed by atoms with Gasteiger partial charge in [0.05, 0.1) is 0 Å². The van der Waals surface area contributed by atoms with Crippen LogP contribution in [0.3, 0.4) is 0 Å². The van der Waals surface area contributed by atoms with Crippen molar-refractivity contribution in [3.63, 3.8) is 0 Å². The van der Waals surface area contributed by atoms with Gasteiger partial charge in [-0.05, 0) is 67.6 Å². The topological polar surface area (TPSA) is 34.0 Å². The van der Waals surface area contributed by atoms with Gasteiger partial charge in [-0.3, -0.25) is 4.79 Å². The summed E-state index contributed by atoms with van der Waals surface area (Å²) in [4.78, 5) is 12.3. The van der Waals surface area contributed by atoms with Crippen molar-refractivity contribution in [1.29, 1.82) is 0 Å². The molecule has 0 fully saturated rings. The van der Waals surface area contributed by atoms with E-state index in [4.69, 9.17) is 0 Å². The van der Waals surface area contributed by atoms with Crippen LogP contribution in [0.25, 0.3) is 10.9 Å². The van der Waals surface area contributed by atoms with Crippen LogP contribution in [0.5, 0.6) is 0 Å². The summed E-state index contributed by atoms with van der Waals surface area (Å²) in [5.74, 6) is -0.0127. The molecule has 0 saturated heterocycles. The van der Waals surface area contributed by atoms with E-state index in [1.807, 2.05) is 42.0 Å². The first-order chi connectivity index (χ1) is 10.5.